The molecule has 2 heterocycles. The molecule has 20 heavy (non-hydrogen) atoms. The lowest BCUT2D eigenvalue weighted by atomic mass is 10.1. The molecule has 0 aliphatic heterocycles. The fourth-order valence-electron chi connectivity index (χ4n) is 1.93. The number of carbonyl (C=O) groups is 1. The molecule has 0 saturated carbocycles. The molecule has 3 nitrogen and oxygen atoms in total. The van der Waals surface area contributed by atoms with Gasteiger partial charge in [0.1, 0.15) is 5.69 Å². The number of amides is 1. The fraction of sp³-hybridized carbons (Fsp3) is 0.0667. The van der Waals surface area contributed by atoms with E-state index in [1.165, 1.54) is 21.8 Å². The van der Waals surface area contributed by atoms with Crippen LogP contribution in [0.2, 0.25) is 0 Å². The first kappa shape index (κ1) is 13.0. The van der Waals surface area contributed by atoms with Crippen molar-refractivity contribution in [3.8, 4) is 10.4 Å². The van der Waals surface area contributed by atoms with Gasteiger partial charge in [0.05, 0.1) is 5.51 Å². The van der Waals surface area contributed by atoms with Crippen LogP contribution >= 0.6 is 22.7 Å². The first-order valence-corrected chi connectivity index (χ1v) is 7.90. The molecule has 1 amide bonds. The molecule has 5 heteroatoms. The normalized spacial score (nSPS) is 10.4. The van der Waals surface area contributed by atoms with Gasteiger partial charge in [0, 0.05) is 15.9 Å². The first-order chi connectivity index (χ1) is 9.74. The summed E-state index contributed by atoms with van der Waals surface area (Å²) < 4.78 is 0. The standard InChI is InChI=1S/C15H12N2OS2/c1-10-5-6-20-14(10)11-3-2-4-12(7-11)17-15(18)13-8-19-9-16-13/h2-9H,1H3,(H,17,18). The maximum Gasteiger partial charge on any atom is 0.275 e. The fourth-order valence-corrected chi connectivity index (χ4v) is 3.38. The van der Waals surface area contributed by atoms with Gasteiger partial charge < -0.3 is 5.32 Å². The Morgan fingerprint density at radius 3 is 2.90 bits per heavy atom. The van der Waals surface area contributed by atoms with Gasteiger partial charge in [-0.15, -0.1) is 22.7 Å². The lowest BCUT2D eigenvalue weighted by Crippen LogP contribution is -2.11. The molecule has 3 aromatic rings. The zero-order valence-corrected chi connectivity index (χ0v) is 12.4. The summed E-state index contributed by atoms with van der Waals surface area (Å²) in [6.07, 6.45) is 0. The van der Waals surface area contributed by atoms with Crippen LogP contribution in [0.1, 0.15) is 16.1 Å². The second-order valence-corrected chi connectivity index (χ2v) is 5.98. The molecule has 1 N–H and O–H groups in total. The Labute approximate surface area is 124 Å². The van der Waals surface area contributed by atoms with E-state index >= 15 is 0 Å². The van der Waals surface area contributed by atoms with Gasteiger partial charge in [-0.3, -0.25) is 4.79 Å². The second-order valence-electron chi connectivity index (χ2n) is 4.34. The Bertz CT molecular complexity index is 732. The van der Waals surface area contributed by atoms with Crippen LogP contribution in [0.25, 0.3) is 10.4 Å². The number of benzene rings is 1. The monoisotopic (exact) mass is 300 g/mol. The minimum absolute atomic E-state index is 0.175. The first-order valence-electron chi connectivity index (χ1n) is 6.08. The zero-order chi connectivity index (χ0) is 13.9. The molecular formula is C15H12N2OS2. The lowest BCUT2D eigenvalue weighted by molar-refractivity contribution is 0.102. The van der Waals surface area contributed by atoms with Crippen LogP contribution in [0, 0.1) is 6.92 Å². The number of carbonyl (C=O) groups excluding carboxylic acids is 1. The molecule has 0 fully saturated rings. The average molecular weight is 300 g/mol. The van der Waals surface area contributed by atoms with E-state index in [-0.39, 0.29) is 5.91 Å². The SMILES string of the molecule is Cc1ccsc1-c1cccc(NC(=O)c2cscn2)c1. The van der Waals surface area contributed by atoms with Gasteiger partial charge in [0.25, 0.3) is 5.91 Å². The number of hydrogen-bond donors (Lipinski definition) is 1. The van der Waals surface area contributed by atoms with Crippen molar-refractivity contribution in [2.24, 2.45) is 0 Å². The molecule has 0 saturated heterocycles. The number of thiazole rings is 1. The number of aryl methyl sites for hydroxylation is 1. The van der Waals surface area contributed by atoms with Crippen molar-refractivity contribution < 1.29 is 4.79 Å². The maximum atomic E-state index is 12.0. The van der Waals surface area contributed by atoms with Crippen LogP contribution < -0.4 is 5.32 Å². The van der Waals surface area contributed by atoms with Crippen LogP contribution in [-0.4, -0.2) is 10.9 Å². The molecular weight excluding hydrogens is 288 g/mol. The molecule has 1 aromatic carbocycles. The van der Waals surface area contributed by atoms with Crippen LogP contribution in [-0.2, 0) is 0 Å². The van der Waals surface area contributed by atoms with E-state index in [9.17, 15) is 4.79 Å². The van der Waals surface area contributed by atoms with Gasteiger partial charge in [-0.25, -0.2) is 4.98 Å². The summed E-state index contributed by atoms with van der Waals surface area (Å²) in [6, 6.07) is 9.98. The topological polar surface area (TPSA) is 42.0 Å². The van der Waals surface area contributed by atoms with E-state index in [4.69, 9.17) is 0 Å². The highest BCUT2D eigenvalue weighted by atomic mass is 32.1. The van der Waals surface area contributed by atoms with E-state index in [2.05, 4.69) is 34.7 Å². The van der Waals surface area contributed by atoms with Crippen molar-refractivity contribution in [2.45, 2.75) is 6.92 Å². The van der Waals surface area contributed by atoms with Crippen molar-refractivity contribution in [1.82, 2.24) is 4.98 Å². The third kappa shape index (κ3) is 2.64. The summed E-state index contributed by atoms with van der Waals surface area (Å²) in [6.45, 7) is 2.09. The molecule has 2 aromatic heterocycles. The summed E-state index contributed by atoms with van der Waals surface area (Å²) >= 11 is 3.12. The van der Waals surface area contributed by atoms with E-state index < -0.39 is 0 Å². The molecule has 0 bridgehead atoms. The Hall–Kier alpha value is -1.98. The number of hydrogen-bond acceptors (Lipinski definition) is 4. The van der Waals surface area contributed by atoms with Gasteiger partial charge in [0.15, 0.2) is 0 Å². The third-order valence-electron chi connectivity index (χ3n) is 2.91. The Balaban J connectivity index is 1.85. The molecule has 0 atom stereocenters. The maximum absolute atomic E-state index is 12.0. The largest absolute Gasteiger partial charge is 0.321 e. The summed E-state index contributed by atoms with van der Waals surface area (Å²) in [5.74, 6) is -0.175. The minimum atomic E-state index is -0.175. The van der Waals surface area contributed by atoms with Crippen molar-refractivity contribution in [2.75, 3.05) is 5.32 Å². The molecule has 0 aliphatic rings. The third-order valence-corrected chi connectivity index (χ3v) is 4.56. The zero-order valence-electron chi connectivity index (χ0n) is 10.8. The van der Waals surface area contributed by atoms with E-state index in [1.54, 1.807) is 22.2 Å². The minimum Gasteiger partial charge on any atom is -0.321 e. The van der Waals surface area contributed by atoms with Crippen LogP contribution in [0.3, 0.4) is 0 Å². The Kier molecular flexibility index (Phi) is 3.62. The predicted molar refractivity (Wildman–Crippen MR) is 84.6 cm³/mol. The Morgan fingerprint density at radius 2 is 2.20 bits per heavy atom. The summed E-state index contributed by atoms with van der Waals surface area (Å²) in [7, 11) is 0. The number of anilines is 1. The second kappa shape index (κ2) is 5.56. The summed E-state index contributed by atoms with van der Waals surface area (Å²) in [5, 5.41) is 6.69. The quantitative estimate of drug-likeness (QED) is 0.777. The smallest absolute Gasteiger partial charge is 0.275 e. The Morgan fingerprint density at radius 1 is 1.30 bits per heavy atom. The van der Waals surface area contributed by atoms with E-state index in [0.29, 0.717) is 5.69 Å². The molecule has 0 aliphatic carbocycles. The number of rotatable bonds is 3. The van der Waals surface area contributed by atoms with E-state index in [1.807, 2.05) is 18.2 Å². The van der Waals surface area contributed by atoms with Gasteiger partial charge in [0.2, 0.25) is 0 Å². The molecule has 0 radical (unpaired) electrons. The van der Waals surface area contributed by atoms with E-state index in [0.717, 1.165) is 11.3 Å². The van der Waals surface area contributed by atoms with Gasteiger partial charge in [-0.1, -0.05) is 12.1 Å². The lowest BCUT2D eigenvalue weighted by Gasteiger charge is -2.06. The average Bonchev–Trinajstić information content (AvgIpc) is 3.10. The number of nitrogens with zero attached hydrogens (tertiary/aromatic N) is 1. The van der Waals surface area contributed by atoms with Crippen molar-refractivity contribution in [1.29, 1.82) is 0 Å². The number of aromatic nitrogens is 1. The van der Waals surface area contributed by atoms with Crippen molar-refractivity contribution in [3.05, 3.63) is 57.9 Å². The molecule has 0 unspecified atom stereocenters. The number of nitrogens with one attached hydrogen (secondary N) is 1. The highest BCUT2D eigenvalue weighted by Gasteiger charge is 2.09. The van der Waals surface area contributed by atoms with Gasteiger partial charge >= 0.3 is 0 Å². The predicted octanol–water partition coefficient (Wildman–Crippen LogP) is 4.43. The van der Waals surface area contributed by atoms with Crippen molar-refractivity contribution >= 4 is 34.3 Å². The van der Waals surface area contributed by atoms with Gasteiger partial charge in [-0.05, 0) is 41.6 Å². The highest BCUT2D eigenvalue weighted by molar-refractivity contribution is 7.13. The highest BCUT2D eigenvalue weighted by Crippen LogP contribution is 2.30. The van der Waals surface area contributed by atoms with Crippen LogP contribution in [0.15, 0.2) is 46.6 Å². The molecule has 100 valence electrons. The van der Waals surface area contributed by atoms with Crippen LogP contribution in [0.5, 0.6) is 0 Å². The molecule has 3 rings (SSSR count). The summed E-state index contributed by atoms with van der Waals surface area (Å²) in [5.41, 5.74) is 5.26. The summed E-state index contributed by atoms with van der Waals surface area (Å²) in [4.78, 5) is 17.2. The van der Waals surface area contributed by atoms with Gasteiger partial charge in [-0.2, -0.15) is 0 Å². The number of thiophene rings is 1. The van der Waals surface area contributed by atoms with Crippen LogP contribution in [0.4, 0.5) is 5.69 Å². The van der Waals surface area contributed by atoms with Crippen molar-refractivity contribution in [3.63, 3.8) is 0 Å². The molecule has 0 spiro atoms.